The molecule has 0 saturated carbocycles. The third-order valence-corrected chi connectivity index (χ3v) is 2.65. The molecule has 15 heavy (non-hydrogen) atoms. The zero-order chi connectivity index (χ0) is 11.1. The van der Waals surface area contributed by atoms with E-state index >= 15 is 0 Å². The molecule has 1 aliphatic heterocycles. The molecule has 1 aromatic rings. The van der Waals surface area contributed by atoms with Gasteiger partial charge in [-0.2, -0.15) is 0 Å². The van der Waals surface area contributed by atoms with E-state index in [0.717, 1.165) is 13.1 Å². The fourth-order valence-electron chi connectivity index (χ4n) is 2.13. The maximum atomic E-state index is 10.8. The third kappa shape index (κ3) is 2.04. The van der Waals surface area contributed by atoms with Gasteiger partial charge >= 0.3 is 5.97 Å². The first-order chi connectivity index (χ1) is 6.98. The van der Waals surface area contributed by atoms with E-state index in [1.54, 1.807) is 0 Å². The van der Waals surface area contributed by atoms with Crippen LogP contribution in [0.1, 0.15) is 30.0 Å². The van der Waals surface area contributed by atoms with Crippen LogP contribution in [0.4, 0.5) is 0 Å². The first-order valence-corrected chi connectivity index (χ1v) is 5.00. The number of aromatic carboxylic acids is 1. The number of hydrogen-bond donors (Lipinski definition) is 1. The molecule has 0 aromatic carbocycles. The minimum atomic E-state index is -0.918. The first-order valence-electron chi connectivity index (χ1n) is 5.00. The van der Waals surface area contributed by atoms with E-state index in [2.05, 4.69) is 18.7 Å². The Morgan fingerprint density at radius 2 is 2.27 bits per heavy atom. The van der Waals surface area contributed by atoms with Gasteiger partial charge in [0.05, 0.1) is 12.8 Å². The highest BCUT2D eigenvalue weighted by Crippen LogP contribution is 2.30. The summed E-state index contributed by atoms with van der Waals surface area (Å²) < 4.78 is 5.18. The molecule has 1 N–H and O–H groups in total. The third-order valence-electron chi connectivity index (χ3n) is 2.65. The Bertz CT molecular complexity index is 373. The number of furan rings is 1. The zero-order valence-electron chi connectivity index (χ0n) is 8.99. The summed E-state index contributed by atoms with van der Waals surface area (Å²) in [5.41, 5.74) is 0.635. The van der Waals surface area contributed by atoms with Crippen LogP contribution < -0.4 is 0 Å². The summed E-state index contributed by atoms with van der Waals surface area (Å²) >= 11 is 0. The maximum absolute atomic E-state index is 10.8. The molecule has 0 amide bonds. The molecule has 0 spiro atoms. The standard InChI is InChI=1S/C11H15NO3/c1-11(2)6-12(7-11)5-9-8(10(13)14)3-4-15-9/h3-4H,5-7H2,1-2H3,(H,13,14). The van der Waals surface area contributed by atoms with Gasteiger partial charge in [0.15, 0.2) is 0 Å². The van der Waals surface area contributed by atoms with Gasteiger partial charge in [0.1, 0.15) is 11.3 Å². The lowest BCUT2D eigenvalue weighted by Crippen LogP contribution is -2.52. The predicted octanol–water partition coefficient (Wildman–Crippen LogP) is 1.82. The lowest BCUT2D eigenvalue weighted by molar-refractivity contribution is 0.0186. The van der Waals surface area contributed by atoms with Crippen molar-refractivity contribution in [1.29, 1.82) is 0 Å². The second-order valence-corrected chi connectivity index (χ2v) is 4.87. The number of carboxylic acid groups (broad SMARTS) is 1. The van der Waals surface area contributed by atoms with Crippen LogP contribution >= 0.6 is 0 Å². The van der Waals surface area contributed by atoms with Crippen molar-refractivity contribution in [2.24, 2.45) is 5.41 Å². The molecule has 1 fully saturated rings. The van der Waals surface area contributed by atoms with Crippen LogP contribution in [0.15, 0.2) is 16.7 Å². The molecule has 82 valence electrons. The van der Waals surface area contributed by atoms with Gasteiger partial charge in [-0.15, -0.1) is 0 Å². The number of rotatable bonds is 3. The van der Waals surface area contributed by atoms with E-state index < -0.39 is 5.97 Å². The van der Waals surface area contributed by atoms with Crippen molar-refractivity contribution in [2.75, 3.05) is 13.1 Å². The largest absolute Gasteiger partial charge is 0.478 e. The van der Waals surface area contributed by atoms with Crippen molar-refractivity contribution < 1.29 is 14.3 Å². The highest BCUT2D eigenvalue weighted by atomic mass is 16.4. The summed E-state index contributed by atoms with van der Waals surface area (Å²) in [7, 11) is 0. The SMILES string of the molecule is CC1(C)CN(Cc2occc2C(=O)O)C1. The summed E-state index contributed by atoms with van der Waals surface area (Å²) in [4.78, 5) is 13.0. The summed E-state index contributed by atoms with van der Waals surface area (Å²) in [6.45, 7) is 6.98. The summed E-state index contributed by atoms with van der Waals surface area (Å²) in [6, 6.07) is 1.50. The molecule has 1 aromatic heterocycles. The minimum Gasteiger partial charge on any atom is -0.478 e. The van der Waals surface area contributed by atoms with Crippen molar-refractivity contribution in [3.63, 3.8) is 0 Å². The molecule has 4 heteroatoms. The van der Waals surface area contributed by atoms with Crippen LogP contribution in [0.2, 0.25) is 0 Å². The average molecular weight is 209 g/mol. The van der Waals surface area contributed by atoms with Crippen LogP contribution in [-0.4, -0.2) is 29.1 Å². The Hall–Kier alpha value is -1.29. The fourth-order valence-corrected chi connectivity index (χ4v) is 2.13. The van der Waals surface area contributed by atoms with Gasteiger partial charge in [0.25, 0.3) is 0 Å². The first kappa shape index (κ1) is 10.2. The Morgan fingerprint density at radius 3 is 2.80 bits per heavy atom. The number of likely N-dealkylation sites (tertiary alicyclic amines) is 1. The van der Waals surface area contributed by atoms with Crippen molar-refractivity contribution in [3.8, 4) is 0 Å². The van der Waals surface area contributed by atoms with Crippen LogP contribution in [0.25, 0.3) is 0 Å². The van der Waals surface area contributed by atoms with Gasteiger partial charge in [-0.05, 0) is 11.5 Å². The van der Waals surface area contributed by atoms with E-state index in [1.165, 1.54) is 12.3 Å². The number of nitrogens with zero attached hydrogens (tertiary/aromatic N) is 1. The van der Waals surface area contributed by atoms with Gasteiger partial charge in [-0.25, -0.2) is 4.79 Å². The molecule has 0 radical (unpaired) electrons. The molecule has 0 bridgehead atoms. The topological polar surface area (TPSA) is 53.7 Å². The molecule has 0 unspecified atom stereocenters. The molecule has 0 aliphatic carbocycles. The van der Waals surface area contributed by atoms with Gasteiger partial charge in [-0.1, -0.05) is 13.8 Å². The van der Waals surface area contributed by atoms with Gasteiger partial charge in [-0.3, -0.25) is 4.90 Å². The lowest BCUT2D eigenvalue weighted by atomic mass is 9.84. The van der Waals surface area contributed by atoms with Crippen LogP contribution in [-0.2, 0) is 6.54 Å². The highest BCUT2D eigenvalue weighted by Gasteiger charge is 2.34. The van der Waals surface area contributed by atoms with Crippen LogP contribution in [0.3, 0.4) is 0 Å². The molecule has 1 saturated heterocycles. The van der Waals surface area contributed by atoms with E-state index in [-0.39, 0.29) is 5.56 Å². The van der Waals surface area contributed by atoms with Crippen LogP contribution in [0, 0.1) is 5.41 Å². The number of carboxylic acids is 1. The second-order valence-electron chi connectivity index (χ2n) is 4.87. The smallest absolute Gasteiger partial charge is 0.339 e. The Kier molecular flexibility index (Phi) is 2.31. The number of hydrogen-bond acceptors (Lipinski definition) is 3. The van der Waals surface area contributed by atoms with E-state index in [0.29, 0.717) is 17.7 Å². The predicted molar refractivity (Wildman–Crippen MR) is 54.7 cm³/mol. The van der Waals surface area contributed by atoms with Gasteiger partial charge in [0.2, 0.25) is 0 Å². The lowest BCUT2D eigenvalue weighted by Gasteiger charge is -2.45. The number of carbonyl (C=O) groups is 1. The Labute approximate surface area is 88.5 Å². The average Bonchev–Trinajstić information content (AvgIpc) is 2.48. The second kappa shape index (κ2) is 3.38. The molecule has 1 aliphatic rings. The van der Waals surface area contributed by atoms with E-state index in [1.807, 2.05) is 0 Å². The van der Waals surface area contributed by atoms with Crippen LogP contribution in [0.5, 0.6) is 0 Å². The highest BCUT2D eigenvalue weighted by molar-refractivity contribution is 5.88. The molecule has 2 rings (SSSR count). The normalized spacial score (nSPS) is 19.9. The monoisotopic (exact) mass is 209 g/mol. The van der Waals surface area contributed by atoms with E-state index in [9.17, 15) is 4.79 Å². The molecule has 4 nitrogen and oxygen atoms in total. The zero-order valence-corrected chi connectivity index (χ0v) is 8.99. The summed E-state index contributed by atoms with van der Waals surface area (Å²) in [5.74, 6) is -0.364. The van der Waals surface area contributed by atoms with Crippen molar-refractivity contribution >= 4 is 5.97 Å². The Balaban J connectivity index is 2.00. The van der Waals surface area contributed by atoms with Crippen molar-refractivity contribution in [2.45, 2.75) is 20.4 Å². The molecule has 2 heterocycles. The van der Waals surface area contributed by atoms with Gasteiger partial charge < -0.3 is 9.52 Å². The minimum absolute atomic E-state index is 0.278. The van der Waals surface area contributed by atoms with Crippen molar-refractivity contribution in [1.82, 2.24) is 4.90 Å². The van der Waals surface area contributed by atoms with E-state index in [4.69, 9.17) is 9.52 Å². The summed E-state index contributed by atoms with van der Waals surface area (Å²) in [6.07, 6.45) is 1.43. The molecular weight excluding hydrogens is 194 g/mol. The van der Waals surface area contributed by atoms with Crippen molar-refractivity contribution in [3.05, 3.63) is 23.7 Å². The summed E-state index contributed by atoms with van der Waals surface area (Å²) in [5, 5.41) is 8.88. The molecule has 0 atom stereocenters. The Morgan fingerprint density at radius 1 is 1.60 bits per heavy atom. The fraction of sp³-hybridized carbons (Fsp3) is 0.545. The van der Waals surface area contributed by atoms with Gasteiger partial charge in [0, 0.05) is 13.1 Å². The quantitative estimate of drug-likeness (QED) is 0.825. The maximum Gasteiger partial charge on any atom is 0.339 e. The molecular formula is C11H15NO3.